The molecule has 1 aromatic heterocycles. The van der Waals surface area contributed by atoms with E-state index in [1.165, 1.54) is 11.3 Å². The molecule has 0 saturated carbocycles. The third kappa shape index (κ3) is 2.10. The van der Waals surface area contributed by atoms with Crippen LogP contribution in [-0.2, 0) is 16.6 Å². The molecule has 0 aliphatic rings. The van der Waals surface area contributed by atoms with Crippen molar-refractivity contribution in [2.75, 3.05) is 0 Å². The zero-order valence-corrected chi connectivity index (χ0v) is 8.41. The number of thiazole rings is 1. The van der Waals surface area contributed by atoms with Crippen molar-refractivity contribution in [1.82, 2.24) is 4.98 Å². The SMILES string of the molecule is CC(C)(O)c1nc(S(N)=O)cs1. The Morgan fingerprint density at radius 1 is 1.75 bits per heavy atom. The molecule has 12 heavy (non-hydrogen) atoms. The summed E-state index contributed by atoms with van der Waals surface area (Å²) in [5.41, 5.74) is -0.984. The first kappa shape index (κ1) is 9.79. The third-order valence-electron chi connectivity index (χ3n) is 1.21. The van der Waals surface area contributed by atoms with Crippen LogP contribution in [0.2, 0.25) is 0 Å². The van der Waals surface area contributed by atoms with Crippen LogP contribution < -0.4 is 5.14 Å². The normalized spacial score (nSPS) is 14.7. The van der Waals surface area contributed by atoms with E-state index >= 15 is 0 Å². The van der Waals surface area contributed by atoms with Crippen molar-refractivity contribution < 1.29 is 9.32 Å². The number of hydrogen-bond acceptors (Lipinski definition) is 4. The van der Waals surface area contributed by atoms with Gasteiger partial charge in [-0.15, -0.1) is 11.3 Å². The molecule has 0 saturated heterocycles. The molecule has 3 N–H and O–H groups in total. The highest BCUT2D eigenvalue weighted by atomic mass is 32.2. The molecule has 0 aliphatic heterocycles. The predicted octanol–water partition coefficient (Wildman–Crippen LogP) is 0.352. The summed E-state index contributed by atoms with van der Waals surface area (Å²) in [7, 11) is -1.55. The van der Waals surface area contributed by atoms with Gasteiger partial charge in [-0.25, -0.2) is 14.3 Å². The highest BCUT2D eigenvalue weighted by Crippen LogP contribution is 2.23. The first-order valence-corrected chi connectivity index (χ1v) is 5.35. The maximum atomic E-state index is 10.7. The van der Waals surface area contributed by atoms with Crippen molar-refractivity contribution >= 4 is 22.3 Å². The Morgan fingerprint density at radius 2 is 2.33 bits per heavy atom. The quantitative estimate of drug-likeness (QED) is 0.733. The average molecular weight is 206 g/mol. The van der Waals surface area contributed by atoms with Gasteiger partial charge in [-0.3, -0.25) is 0 Å². The zero-order valence-electron chi connectivity index (χ0n) is 6.77. The third-order valence-corrected chi connectivity index (χ3v) is 3.14. The standard InChI is InChI=1S/C6H10N2O2S2/c1-6(2,9)5-8-4(3-11-5)12(7)10/h3,9H,7H2,1-2H3. The number of rotatable bonds is 2. The first-order chi connectivity index (χ1) is 5.41. The fraction of sp³-hybridized carbons (Fsp3) is 0.500. The summed E-state index contributed by atoms with van der Waals surface area (Å²) in [6.07, 6.45) is 0. The summed E-state index contributed by atoms with van der Waals surface area (Å²) < 4.78 is 10.7. The van der Waals surface area contributed by atoms with Gasteiger partial charge in [0.1, 0.15) is 21.6 Å². The molecule has 1 unspecified atom stereocenters. The summed E-state index contributed by atoms with van der Waals surface area (Å²) in [5, 5.41) is 17.0. The van der Waals surface area contributed by atoms with Crippen LogP contribution in [0.4, 0.5) is 0 Å². The Labute approximate surface area is 77.0 Å². The van der Waals surface area contributed by atoms with Crippen molar-refractivity contribution in [2.45, 2.75) is 24.5 Å². The van der Waals surface area contributed by atoms with Gasteiger partial charge in [-0.05, 0) is 13.8 Å². The molecule has 1 aromatic rings. The molecular weight excluding hydrogens is 196 g/mol. The maximum Gasteiger partial charge on any atom is 0.153 e. The van der Waals surface area contributed by atoms with Crippen LogP contribution in [0.25, 0.3) is 0 Å². The number of nitrogens with two attached hydrogens (primary N) is 1. The Hall–Kier alpha value is -0.300. The van der Waals surface area contributed by atoms with Gasteiger partial charge in [0, 0.05) is 5.38 Å². The second-order valence-corrected chi connectivity index (χ2v) is 4.72. The second-order valence-electron chi connectivity index (χ2n) is 2.85. The molecule has 0 spiro atoms. The van der Waals surface area contributed by atoms with E-state index in [1.54, 1.807) is 19.2 Å². The van der Waals surface area contributed by atoms with Crippen molar-refractivity contribution in [3.05, 3.63) is 10.4 Å². The zero-order chi connectivity index (χ0) is 9.35. The van der Waals surface area contributed by atoms with Crippen LogP contribution in [0, 0.1) is 0 Å². The van der Waals surface area contributed by atoms with Gasteiger partial charge in [0.15, 0.2) is 5.03 Å². The second kappa shape index (κ2) is 3.21. The van der Waals surface area contributed by atoms with Gasteiger partial charge >= 0.3 is 0 Å². The molecule has 6 heteroatoms. The molecule has 0 fully saturated rings. The summed E-state index contributed by atoms with van der Waals surface area (Å²) in [6, 6.07) is 0. The van der Waals surface area contributed by atoms with Crippen LogP contribution >= 0.6 is 11.3 Å². The molecule has 1 rings (SSSR count). The van der Waals surface area contributed by atoms with Gasteiger partial charge in [0.2, 0.25) is 0 Å². The van der Waals surface area contributed by atoms with Crippen molar-refractivity contribution in [3.8, 4) is 0 Å². The minimum absolute atomic E-state index is 0.317. The molecule has 0 amide bonds. The Balaban J connectivity index is 3.00. The van der Waals surface area contributed by atoms with E-state index in [-0.39, 0.29) is 0 Å². The largest absolute Gasteiger partial charge is 0.383 e. The minimum Gasteiger partial charge on any atom is -0.383 e. The average Bonchev–Trinajstić information content (AvgIpc) is 2.30. The predicted molar refractivity (Wildman–Crippen MR) is 48.0 cm³/mol. The van der Waals surface area contributed by atoms with Crippen molar-refractivity contribution in [3.63, 3.8) is 0 Å². The minimum atomic E-state index is -1.55. The molecule has 1 heterocycles. The molecular formula is C6H10N2O2S2. The topological polar surface area (TPSA) is 76.2 Å². The smallest absolute Gasteiger partial charge is 0.153 e. The summed E-state index contributed by atoms with van der Waals surface area (Å²) in [6.45, 7) is 3.24. The summed E-state index contributed by atoms with van der Waals surface area (Å²) >= 11 is 1.25. The van der Waals surface area contributed by atoms with Gasteiger partial charge in [-0.1, -0.05) is 0 Å². The maximum absolute atomic E-state index is 10.7. The fourth-order valence-electron chi connectivity index (χ4n) is 0.632. The van der Waals surface area contributed by atoms with E-state index in [9.17, 15) is 9.32 Å². The first-order valence-electron chi connectivity index (χ1n) is 3.26. The van der Waals surface area contributed by atoms with Gasteiger partial charge in [-0.2, -0.15) is 0 Å². The van der Waals surface area contributed by atoms with Crippen LogP contribution in [0.5, 0.6) is 0 Å². The number of aliphatic hydroxyl groups is 1. The van der Waals surface area contributed by atoms with E-state index in [1.807, 2.05) is 0 Å². The molecule has 0 aliphatic carbocycles. The van der Waals surface area contributed by atoms with E-state index in [0.717, 1.165) is 0 Å². The van der Waals surface area contributed by atoms with Gasteiger partial charge in [0.25, 0.3) is 0 Å². The van der Waals surface area contributed by atoms with Gasteiger partial charge < -0.3 is 5.11 Å². The van der Waals surface area contributed by atoms with Crippen LogP contribution in [0.3, 0.4) is 0 Å². The molecule has 4 nitrogen and oxygen atoms in total. The Kier molecular flexibility index (Phi) is 2.62. The van der Waals surface area contributed by atoms with E-state index < -0.39 is 16.6 Å². The summed E-state index contributed by atoms with van der Waals surface area (Å²) in [5.74, 6) is 0. The van der Waals surface area contributed by atoms with Crippen molar-refractivity contribution in [1.29, 1.82) is 0 Å². The lowest BCUT2D eigenvalue weighted by Crippen LogP contribution is -2.15. The highest BCUT2D eigenvalue weighted by Gasteiger charge is 2.20. The lowest BCUT2D eigenvalue weighted by atomic mass is 10.2. The molecule has 0 radical (unpaired) electrons. The Morgan fingerprint density at radius 3 is 2.58 bits per heavy atom. The molecule has 0 aromatic carbocycles. The van der Waals surface area contributed by atoms with Gasteiger partial charge in [0.05, 0.1) is 0 Å². The molecule has 1 atom stereocenters. The Bertz CT molecular complexity index is 303. The van der Waals surface area contributed by atoms with Crippen LogP contribution in [0.1, 0.15) is 18.9 Å². The van der Waals surface area contributed by atoms with Crippen molar-refractivity contribution in [2.24, 2.45) is 5.14 Å². The molecule has 68 valence electrons. The highest BCUT2D eigenvalue weighted by molar-refractivity contribution is 7.82. The lowest BCUT2D eigenvalue weighted by Gasteiger charge is -2.12. The monoisotopic (exact) mass is 206 g/mol. The van der Waals surface area contributed by atoms with E-state index in [4.69, 9.17) is 5.14 Å². The van der Waals surface area contributed by atoms with E-state index in [0.29, 0.717) is 10.0 Å². The lowest BCUT2D eigenvalue weighted by molar-refractivity contribution is 0.0778. The summed E-state index contributed by atoms with van der Waals surface area (Å²) in [4.78, 5) is 3.92. The number of hydrogen-bond donors (Lipinski definition) is 2. The number of nitrogens with zero attached hydrogens (tertiary/aromatic N) is 1. The van der Waals surface area contributed by atoms with Crippen LogP contribution in [-0.4, -0.2) is 14.3 Å². The van der Waals surface area contributed by atoms with E-state index in [2.05, 4.69) is 4.98 Å². The molecule has 0 bridgehead atoms. The van der Waals surface area contributed by atoms with Crippen LogP contribution in [0.15, 0.2) is 10.4 Å². The fourth-order valence-corrected chi connectivity index (χ4v) is 2.10. The number of aromatic nitrogens is 1.